The van der Waals surface area contributed by atoms with Gasteiger partial charge in [-0.25, -0.2) is 0 Å². The van der Waals surface area contributed by atoms with Crippen LogP contribution in [-0.2, 0) is 9.09 Å². The molecular weight excluding hydrogens is 243 g/mol. The van der Waals surface area contributed by atoms with Gasteiger partial charge in [0.05, 0.1) is 6.10 Å². The Balaban J connectivity index is 2.64. The van der Waals surface area contributed by atoms with E-state index in [2.05, 4.69) is 4.52 Å². The number of ether oxygens (including phenoxy) is 1. The summed E-state index contributed by atoms with van der Waals surface area (Å²) < 4.78 is 20.3. The predicted molar refractivity (Wildman–Crippen MR) is 62.7 cm³/mol. The Morgan fingerprint density at radius 2 is 1.94 bits per heavy atom. The first kappa shape index (κ1) is 14.1. The van der Waals surface area contributed by atoms with E-state index < -0.39 is 14.5 Å². The molecule has 5 nitrogen and oxygen atoms in total. The van der Waals surface area contributed by atoms with Crippen LogP contribution >= 0.6 is 8.25 Å². The summed E-state index contributed by atoms with van der Waals surface area (Å²) in [6, 6.07) is 6.53. The lowest BCUT2D eigenvalue weighted by molar-refractivity contribution is -0.0207. The molecule has 0 amide bonds. The lowest BCUT2D eigenvalue weighted by Crippen LogP contribution is -2.09. The third kappa shape index (κ3) is 4.79. The van der Waals surface area contributed by atoms with Crippen molar-refractivity contribution in [3.8, 4) is 5.75 Å². The molecular formula is C11H16O5P+. The average Bonchev–Trinajstić information content (AvgIpc) is 2.28. The molecule has 0 aromatic heterocycles. The summed E-state index contributed by atoms with van der Waals surface area (Å²) in [6.45, 7) is 3.98. The number of hydrogen-bond acceptors (Lipinski definition) is 4. The Hall–Kier alpha value is -1.00. The van der Waals surface area contributed by atoms with Crippen LogP contribution in [0.25, 0.3) is 0 Å². The summed E-state index contributed by atoms with van der Waals surface area (Å²) in [5.74, 6) is 0.684. The highest BCUT2D eigenvalue weighted by Gasteiger charge is 2.22. The van der Waals surface area contributed by atoms with Gasteiger partial charge < -0.3 is 9.84 Å². The van der Waals surface area contributed by atoms with E-state index in [-0.39, 0.29) is 6.10 Å². The van der Waals surface area contributed by atoms with Crippen LogP contribution in [0.4, 0.5) is 0 Å². The van der Waals surface area contributed by atoms with Crippen LogP contribution < -0.4 is 4.74 Å². The molecule has 1 rings (SSSR count). The molecule has 3 atom stereocenters. The summed E-state index contributed by atoms with van der Waals surface area (Å²) in [4.78, 5) is 8.49. The van der Waals surface area contributed by atoms with Crippen molar-refractivity contribution in [2.75, 3.05) is 0 Å². The van der Waals surface area contributed by atoms with E-state index in [4.69, 9.17) is 9.63 Å². The van der Waals surface area contributed by atoms with Gasteiger partial charge in [-0.3, -0.25) is 0 Å². The van der Waals surface area contributed by atoms with Gasteiger partial charge in [-0.05, 0) is 25.5 Å². The Bertz CT molecular complexity index is 365. The molecule has 0 aliphatic rings. The highest BCUT2D eigenvalue weighted by Crippen LogP contribution is 2.27. The van der Waals surface area contributed by atoms with E-state index in [1.807, 2.05) is 13.8 Å². The minimum atomic E-state index is -2.82. The average molecular weight is 259 g/mol. The van der Waals surface area contributed by atoms with E-state index >= 15 is 0 Å². The number of hydrogen-bond donors (Lipinski definition) is 2. The van der Waals surface area contributed by atoms with Gasteiger partial charge in [-0.15, -0.1) is 4.89 Å². The highest BCUT2D eigenvalue weighted by molar-refractivity contribution is 7.32. The van der Waals surface area contributed by atoms with Crippen LogP contribution in [-0.4, -0.2) is 16.1 Å². The fourth-order valence-electron chi connectivity index (χ4n) is 1.17. The van der Waals surface area contributed by atoms with Crippen molar-refractivity contribution in [2.24, 2.45) is 0 Å². The lowest BCUT2D eigenvalue weighted by atomic mass is 10.2. The second kappa shape index (κ2) is 6.67. The topological polar surface area (TPSA) is 76.0 Å². The van der Waals surface area contributed by atoms with E-state index in [1.54, 1.807) is 24.3 Å². The zero-order valence-corrected chi connectivity index (χ0v) is 10.6. The number of aliphatic hydroxyl groups is 1. The van der Waals surface area contributed by atoms with Crippen LogP contribution in [0.2, 0.25) is 0 Å². The van der Waals surface area contributed by atoms with Crippen molar-refractivity contribution in [1.29, 1.82) is 0 Å². The van der Waals surface area contributed by atoms with Gasteiger partial charge in [0, 0.05) is 10.1 Å². The van der Waals surface area contributed by atoms with Crippen molar-refractivity contribution in [1.82, 2.24) is 0 Å². The maximum atomic E-state index is 10.4. The summed E-state index contributed by atoms with van der Waals surface area (Å²) in [6.07, 6.45) is -0.381. The molecule has 0 aliphatic heterocycles. The maximum Gasteiger partial charge on any atom is 0.697 e. The minimum Gasteiger partial charge on any atom is -0.491 e. The third-order valence-corrected chi connectivity index (χ3v) is 2.65. The van der Waals surface area contributed by atoms with E-state index in [0.717, 1.165) is 6.42 Å². The molecule has 0 fully saturated rings. The first-order chi connectivity index (χ1) is 8.02. The molecule has 0 heterocycles. The van der Waals surface area contributed by atoms with Crippen molar-refractivity contribution < 1.29 is 23.8 Å². The normalized spacial score (nSPS) is 15.2. The zero-order valence-electron chi connectivity index (χ0n) is 9.74. The number of benzene rings is 1. The van der Waals surface area contributed by atoms with Crippen molar-refractivity contribution in [3.63, 3.8) is 0 Å². The monoisotopic (exact) mass is 259 g/mol. The largest absolute Gasteiger partial charge is 0.697 e. The Morgan fingerprint density at radius 1 is 1.35 bits per heavy atom. The SMILES string of the molecule is CCC(C)Oc1ccc(C(O)O[P+](=O)O)cc1. The summed E-state index contributed by atoms with van der Waals surface area (Å²) >= 11 is 0. The molecule has 17 heavy (non-hydrogen) atoms. The Morgan fingerprint density at radius 3 is 2.41 bits per heavy atom. The van der Waals surface area contributed by atoms with Crippen LogP contribution in [0.15, 0.2) is 24.3 Å². The van der Waals surface area contributed by atoms with Crippen molar-refractivity contribution >= 4 is 8.25 Å². The molecule has 94 valence electrons. The van der Waals surface area contributed by atoms with E-state index in [9.17, 15) is 9.67 Å². The first-order valence-electron chi connectivity index (χ1n) is 5.30. The van der Waals surface area contributed by atoms with Crippen molar-refractivity contribution in [3.05, 3.63) is 29.8 Å². The van der Waals surface area contributed by atoms with Gasteiger partial charge in [0.1, 0.15) is 5.75 Å². The number of rotatable bonds is 6. The maximum absolute atomic E-state index is 10.4. The Labute approximate surface area is 101 Å². The highest BCUT2D eigenvalue weighted by atomic mass is 31.1. The molecule has 0 bridgehead atoms. The van der Waals surface area contributed by atoms with Crippen LogP contribution in [0.3, 0.4) is 0 Å². The Kier molecular flexibility index (Phi) is 5.51. The molecule has 1 aromatic carbocycles. The molecule has 0 radical (unpaired) electrons. The summed E-state index contributed by atoms with van der Waals surface area (Å²) in [7, 11) is -2.82. The van der Waals surface area contributed by atoms with Crippen molar-refractivity contribution in [2.45, 2.75) is 32.7 Å². The van der Waals surface area contributed by atoms with Crippen LogP contribution in [0, 0.1) is 0 Å². The van der Waals surface area contributed by atoms with Gasteiger partial charge in [0.15, 0.2) is 0 Å². The number of aliphatic hydroxyl groups excluding tert-OH is 1. The summed E-state index contributed by atoms with van der Waals surface area (Å²) in [5, 5.41) is 9.40. The van der Waals surface area contributed by atoms with Gasteiger partial charge in [-0.2, -0.15) is 0 Å². The minimum absolute atomic E-state index is 0.119. The molecule has 0 spiro atoms. The lowest BCUT2D eigenvalue weighted by Gasteiger charge is -2.13. The van der Waals surface area contributed by atoms with E-state index in [0.29, 0.717) is 11.3 Å². The van der Waals surface area contributed by atoms with Gasteiger partial charge in [0.2, 0.25) is 6.29 Å². The second-order valence-corrected chi connectivity index (χ2v) is 4.29. The smallest absolute Gasteiger partial charge is 0.491 e. The zero-order chi connectivity index (χ0) is 12.8. The second-order valence-electron chi connectivity index (χ2n) is 3.60. The quantitative estimate of drug-likeness (QED) is 0.606. The van der Waals surface area contributed by atoms with Gasteiger partial charge in [0.25, 0.3) is 0 Å². The first-order valence-corrected chi connectivity index (χ1v) is 6.43. The van der Waals surface area contributed by atoms with E-state index in [1.165, 1.54) is 0 Å². The van der Waals surface area contributed by atoms with Gasteiger partial charge >= 0.3 is 8.25 Å². The molecule has 6 heteroatoms. The molecule has 0 saturated heterocycles. The molecule has 2 N–H and O–H groups in total. The standard InChI is InChI=1S/C11H15O5P/c1-3-8(2)15-10-6-4-9(5-7-10)11(12)16-17(13)14/h4-8,11-12H,3H2,1-2H3/p+1. The van der Waals surface area contributed by atoms with Gasteiger partial charge in [-0.1, -0.05) is 23.6 Å². The van der Waals surface area contributed by atoms with Crippen LogP contribution in [0.1, 0.15) is 32.1 Å². The molecule has 1 aromatic rings. The molecule has 0 aliphatic carbocycles. The summed E-state index contributed by atoms with van der Waals surface area (Å²) in [5.41, 5.74) is 0.402. The predicted octanol–water partition coefficient (Wildman–Crippen LogP) is 2.52. The fraction of sp³-hybridized carbons (Fsp3) is 0.455. The third-order valence-electron chi connectivity index (χ3n) is 2.27. The molecule has 3 unspecified atom stereocenters. The molecule has 0 saturated carbocycles. The fourth-order valence-corrected chi connectivity index (χ4v) is 1.47. The van der Waals surface area contributed by atoms with Crippen LogP contribution in [0.5, 0.6) is 5.75 Å².